The van der Waals surface area contributed by atoms with E-state index in [1.54, 1.807) is 0 Å². The average molecular weight is 354 g/mol. The zero-order valence-corrected chi connectivity index (χ0v) is 12.7. The molecule has 1 unspecified atom stereocenters. The molecule has 0 nitrogen and oxygen atoms in total. The first-order chi connectivity index (χ1) is 7.97. The van der Waals surface area contributed by atoms with Crippen LogP contribution in [0.5, 0.6) is 0 Å². The van der Waals surface area contributed by atoms with Gasteiger partial charge in [-0.15, -0.1) is 22.9 Å². The molecule has 0 saturated carbocycles. The molecule has 1 atom stereocenters. The number of benzene rings is 1. The molecule has 0 saturated heterocycles. The van der Waals surface area contributed by atoms with Gasteiger partial charge in [-0.3, -0.25) is 0 Å². The van der Waals surface area contributed by atoms with E-state index in [1.807, 2.05) is 19.1 Å². The lowest BCUT2D eigenvalue weighted by Crippen LogP contribution is -1.92. The van der Waals surface area contributed by atoms with Crippen LogP contribution in [0.4, 0.5) is 4.39 Å². The molecule has 0 bridgehead atoms. The van der Waals surface area contributed by atoms with Crippen LogP contribution in [0.15, 0.2) is 28.7 Å². The van der Waals surface area contributed by atoms with Crippen LogP contribution in [0.3, 0.4) is 0 Å². The Morgan fingerprint density at radius 3 is 2.53 bits per heavy atom. The van der Waals surface area contributed by atoms with Crippen LogP contribution in [-0.4, -0.2) is 0 Å². The minimum atomic E-state index is -0.377. The average Bonchev–Trinajstić information content (AvgIpc) is 2.57. The van der Waals surface area contributed by atoms with Crippen LogP contribution < -0.4 is 0 Å². The minimum Gasteiger partial charge on any atom is -0.207 e. The predicted molar refractivity (Wildman–Crippen MR) is 75.9 cm³/mol. The van der Waals surface area contributed by atoms with Crippen molar-refractivity contribution in [1.82, 2.24) is 0 Å². The molecule has 17 heavy (non-hydrogen) atoms. The Morgan fingerprint density at radius 1 is 1.29 bits per heavy atom. The van der Waals surface area contributed by atoms with Crippen molar-refractivity contribution in [3.05, 3.63) is 54.9 Å². The standard InChI is InChI=1S/C12H8BrCl2FS/c1-6-2-7(4-8(16)3-6)11(14)10-5-9(13)12(15)17-10/h2-5,11H,1H3. The van der Waals surface area contributed by atoms with Crippen LogP contribution >= 0.6 is 50.5 Å². The number of aryl methyl sites for hydroxylation is 1. The Balaban J connectivity index is 2.39. The molecule has 1 aromatic carbocycles. The summed E-state index contributed by atoms with van der Waals surface area (Å²) in [7, 11) is 0. The molecule has 5 heteroatoms. The lowest BCUT2D eigenvalue weighted by molar-refractivity contribution is 0.624. The molecule has 1 aromatic heterocycles. The fraction of sp³-hybridized carbons (Fsp3) is 0.167. The van der Waals surface area contributed by atoms with Gasteiger partial charge in [0.1, 0.15) is 10.2 Å². The topological polar surface area (TPSA) is 0 Å². The second kappa shape index (κ2) is 5.27. The fourth-order valence-corrected chi connectivity index (χ4v) is 3.63. The van der Waals surface area contributed by atoms with E-state index in [1.165, 1.54) is 23.5 Å². The minimum absolute atomic E-state index is 0.271. The molecule has 90 valence electrons. The van der Waals surface area contributed by atoms with Gasteiger partial charge >= 0.3 is 0 Å². The molecule has 1 heterocycles. The smallest absolute Gasteiger partial charge is 0.123 e. The van der Waals surface area contributed by atoms with Gasteiger partial charge in [-0.1, -0.05) is 17.7 Å². The molecule has 0 aliphatic carbocycles. The maximum absolute atomic E-state index is 13.3. The summed E-state index contributed by atoms with van der Waals surface area (Å²) >= 11 is 17.0. The van der Waals surface area contributed by atoms with Crippen molar-refractivity contribution in [2.24, 2.45) is 0 Å². The number of thiophene rings is 1. The van der Waals surface area contributed by atoms with Crippen molar-refractivity contribution in [1.29, 1.82) is 0 Å². The molecule has 0 fully saturated rings. The lowest BCUT2D eigenvalue weighted by atomic mass is 10.1. The first kappa shape index (κ1) is 13.3. The van der Waals surface area contributed by atoms with E-state index >= 15 is 0 Å². The largest absolute Gasteiger partial charge is 0.207 e. The van der Waals surface area contributed by atoms with Crippen molar-refractivity contribution >= 4 is 50.5 Å². The van der Waals surface area contributed by atoms with Crippen LogP contribution in [0.1, 0.15) is 21.4 Å². The van der Waals surface area contributed by atoms with Gasteiger partial charge in [0.15, 0.2) is 0 Å². The first-order valence-electron chi connectivity index (χ1n) is 4.83. The van der Waals surface area contributed by atoms with Gasteiger partial charge in [0, 0.05) is 9.35 Å². The van der Waals surface area contributed by atoms with E-state index in [0.29, 0.717) is 4.34 Å². The van der Waals surface area contributed by atoms with Gasteiger partial charge in [0.05, 0.1) is 5.38 Å². The highest BCUT2D eigenvalue weighted by molar-refractivity contribution is 9.10. The predicted octanol–water partition coefficient (Wildman–Crippen LogP) is 5.94. The maximum Gasteiger partial charge on any atom is 0.123 e. The van der Waals surface area contributed by atoms with E-state index in [9.17, 15) is 4.39 Å². The highest BCUT2D eigenvalue weighted by Gasteiger charge is 2.16. The molecule has 2 aromatic rings. The second-order valence-corrected chi connectivity index (χ2v) is 6.67. The Hall–Kier alpha value is -0.0900. The summed E-state index contributed by atoms with van der Waals surface area (Å²) in [5.41, 5.74) is 1.60. The highest BCUT2D eigenvalue weighted by atomic mass is 79.9. The summed E-state index contributed by atoms with van der Waals surface area (Å²) in [4.78, 5) is 0.897. The number of alkyl halides is 1. The summed E-state index contributed by atoms with van der Waals surface area (Å²) < 4.78 is 14.8. The van der Waals surface area contributed by atoms with Crippen LogP contribution in [-0.2, 0) is 0 Å². The van der Waals surface area contributed by atoms with Gasteiger partial charge < -0.3 is 0 Å². The third kappa shape index (κ3) is 3.02. The summed E-state index contributed by atoms with van der Waals surface area (Å²) in [6.07, 6.45) is 0. The molecule has 0 N–H and O–H groups in total. The van der Waals surface area contributed by atoms with E-state index in [-0.39, 0.29) is 11.2 Å². The molecule has 0 aliphatic rings. The number of hydrogen-bond acceptors (Lipinski definition) is 1. The Kier molecular flexibility index (Phi) is 4.14. The van der Waals surface area contributed by atoms with Crippen molar-refractivity contribution < 1.29 is 4.39 Å². The normalized spacial score (nSPS) is 12.8. The fourth-order valence-electron chi connectivity index (χ4n) is 1.56. The molecule has 0 amide bonds. The molecular weight excluding hydrogens is 346 g/mol. The Morgan fingerprint density at radius 2 is 2.00 bits per heavy atom. The quantitative estimate of drug-likeness (QED) is 0.586. The zero-order valence-electron chi connectivity index (χ0n) is 8.81. The molecule has 2 rings (SSSR count). The number of hydrogen-bond donors (Lipinski definition) is 0. The number of halogens is 4. The van der Waals surface area contributed by atoms with Crippen molar-refractivity contribution in [3.8, 4) is 0 Å². The van der Waals surface area contributed by atoms with Crippen molar-refractivity contribution in [3.63, 3.8) is 0 Å². The summed E-state index contributed by atoms with van der Waals surface area (Å²) in [6.45, 7) is 1.84. The number of rotatable bonds is 2. The van der Waals surface area contributed by atoms with E-state index < -0.39 is 0 Å². The molecule has 0 radical (unpaired) electrons. The highest BCUT2D eigenvalue weighted by Crippen LogP contribution is 2.40. The van der Waals surface area contributed by atoms with Gasteiger partial charge in [-0.2, -0.15) is 0 Å². The molecular formula is C12H8BrCl2FS. The van der Waals surface area contributed by atoms with E-state index in [2.05, 4.69) is 15.9 Å². The van der Waals surface area contributed by atoms with Crippen molar-refractivity contribution in [2.45, 2.75) is 12.3 Å². The van der Waals surface area contributed by atoms with Gasteiger partial charge in [-0.05, 0) is 52.2 Å². The second-order valence-electron chi connectivity index (χ2n) is 3.69. The Bertz CT molecular complexity index is 514. The third-order valence-corrected chi connectivity index (χ3v) is 5.43. The summed E-state index contributed by atoms with van der Waals surface area (Å²) in [5, 5.41) is -0.377. The van der Waals surface area contributed by atoms with E-state index in [4.69, 9.17) is 23.2 Å². The summed E-state index contributed by atoms with van der Waals surface area (Å²) in [6, 6.07) is 6.67. The molecule has 0 aliphatic heterocycles. The van der Waals surface area contributed by atoms with Gasteiger partial charge in [-0.25, -0.2) is 4.39 Å². The van der Waals surface area contributed by atoms with E-state index in [0.717, 1.165) is 20.5 Å². The third-order valence-electron chi connectivity index (χ3n) is 2.27. The lowest BCUT2D eigenvalue weighted by Gasteiger charge is -2.08. The SMILES string of the molecule is Cc1cc(F)cc(C(Cl)c2cc(Br)c(Cl)s2)c1. The first-order valence-corrected chi connectivity index (χ1v) is 7.25. The molecule has 0 spiro atoms. The van der Waals surface area contributed by atoms with Gasteiger partial charge in [0.2, 0.25) is 0 Å². The van der Waals surface area contributed by atoms with Crippen LogP contribution in [0, 0.1) is 12.7 Å². The van der Waals surface area contributed by atoms with Gasteiger partial charge in [0.25, 0.3) is 0 Å². The summed E-state index contributed by atoms with van der Waals surface area (Å²) in [5.74, 6) is -0.271. The monoisotopic (exact) mass is 352 g/mol. The zero-order chi connectivity index (χ0) is 12.6. The maximum atomic E-state index is 13.3. The van der Waals surface area contributed by atoms with Crippen molar-refractivity contribution in [2.75, 3.05) is 0 Å². The Labute approximate surface area is 121 Å². The van der Waals surface area contributed by atoms with Crippen LogP contribution in [0.2, 0.25) is 4.34 Å². The van der Waals surface area contributed by atoms with Crippen LogP contribution in [0.25, 0.3) is 0 Å².